The predicted octanol–water partition coefficient (Wildman–Crippen LogP) is 4.13. The third-order valence-electron chi connectivity index (χ3n) is 2.62. The zero-order valence-electron chi connectivity index (χ0n) is 9.74. The lowest BCUT2D eigenvalue weighted by atomic mass is 10.2. The van der Waals surface area contributed by atoms with E-state index in [9.17, 15) is 4.79 Å². The molecule has 0 saturated heterocycles. The van der Waals surface area contributed by atoms with Crippen LogP contribution in [0.15, 0.2) is 34.1 Å². The van der Waals surface area contributed by atoms with Crippen LogP contribution in [-0.2, 0) is 6.54 Å². The van der Waals surface area contributed by atoms with Gasteiger partial charge in [-0.25, -0.2) is 4.79 Å². The summed E-state index contributed by atoms with van der Waals surface area (Å²) in [6.07, 6.45) is 0. The van der Waals surface area contributed by atoms with Gasteiger partial charge in [0.1, 0.15) is 0 Å². The van der Waals surface area contributed by atoms with Crippen LogP contribution in [0.25, 0.3) is 0 Å². The zero-order valence-corrected chi connectivity index (χ0v) is 12.1. The highest BCUT2D eigenvalue weighted by atomic mass is 79.9. The standard InChI is InChI=1S/C13H12BrNO2S/c1-8-11(14)3-2-4-12(8)15-6-10-5-9(7-18-10)13(16)17/h2-5,7,15H,6H2,1H3,(H,16,17). The van der Waals surface area contributed by atoms with Crippen molar-refractivity contribution in [1.29, 1.82) is 0 Å². The van der Waals surface area contributed by atoms with Gasteiger partial charge < -0.3 is 10.4 Å². The number of halogens is 1. The molecule has 0 aliphatic heterocycles. The minimum absolute atomic E-state index is 0.350. The number of carboxylic acids is 1. The molecule has 0 amide bonds. The third-order valence-corrected chi connectivity index (χ3v) is 4.42. The molecular formula is C13H12BrNO2S. The summed E-state index contributed by atoms with van der Waals surface area (Å²) >= 11 is 4.93. The Hall–Kier alpha value is -1.33. The molecule has 2 aromatic rings. The van der Waals surface area contributed by atoms with Crippen molar-refractivity contribution in [3.05, 3.63) is 50.1 Å². The minimum Gasteiger partial charge on any atom is -0.478 e. The van der Waals surface area contributed by atoms with Crippen molar-refractivity contribution in [3.8, 4) is 0 Å². The monoisotopic (exact) mass is 325 g/mol. The fourth-order valence-corrected chi connectivity index (χ4v) is 2.73. The van der Waals surface area contributed by atoms with Crippen LogP contribution in [0.2, 0.25) is 0 Å². The Morgan fingerprint density at radius 3 is 2.94 bits per heavy atom. The summed E-state index contributed by atoms with van der Waals surface area (Å²) in [5, 5.41) is 13.8. The first-order valence-corrected chi connectivity index (χ1v) is 7.05. The number of hydrogen-bond acceptors (Lipinski definition) is 3. The highest BCUT2D eigenvalue weighted by Gasteiger charge is 2.07. The van der Waals surface area contributed by atoms with E-state index in [0.29, 0.717) is 12.1 Å². The molecule has 0 fully saturated rings. The number of benzene rings is 1. The van der Waals surface area contributed by atoms with E-state index in [2.05, 4.69) is 21.2 Å². The molecule has 2 N–H and O–H groups in total. The summed E-state index contributed by atoms with van der Waals surface area (Å²) in [7, 11) is 0. The quantitative estimate of drug-likeness (QED) is 0.888. The smallest absolute Gasteiger partial charge is 0.336 e. The molecule has 1 heterocycles. The average molecular weight is 326 g/mol. The van der Waals surface area contributed by atoms with Crippen LogP contribution in [0.4, 0.5) is 5.69 Å². The number of anilines is 1. The summed E-state index contributed by atoms with van der Waals surface area (Å²) in [5.74, 6) is -0.879. The zero-order chi connectivity index (χ0) is 13.1. The number of carboxylic acid groups (broad SMARTS) is 1. The van der Waals surface area contributed by atoms with Crippen molar-refractivity contribution in [2.24, 2.45) is 0 Å². The van der Waals surface area contributed by atoms with E-state index in [0.717, 1.165) is 20.6 Å². The summed E-state index contributed by atoms with van der Waals surface area (Å²) in [4.78, 5) is 11.8. The molecule has 0 aliphatic rings. The van der Waals surface area contributed by atoms with Crippen molar-refractivity contribution in [3.63, 3.8) is 0 Å². The second-order valence-corrected chi connectivity index (χ2v) is 5.72. The summed E-state index contributed by atoms with van der Waals surface area (Å²) in [5.41, 5.74) is 2.55. The van der Waals surface area contributed by atoms with Crippen molar-refractivity contribution < 1.29 is 9.90 Å². The topological polar surface area (TPSA) is 49.3 Å². The Kier molecular flexibility index (Phi) is 4.04. The van der Waals surface area contributed by atoms with Crippen LogP contribution in [0.3, 0.4) is 0 Å². The largest absolute Gasteiger partial charge is 0.478 e. The Morgan fingerprint density at radius 2 is 2.28 bits per heavy atom. The lowest BCUT2D eigenvalue weighted by Crippen LogP contribution is -2.00. The molecule has 0 unspecified atom stereocenters. The summed E-state index contributed by atoms with van der Waals surface area (Å²) < 4.78 is 1.06. The van der Waals surface area contributed by atoms with Crippen LogP contribution in [-0.4, -0.2) is 11.1 Å². The lowest BCUT2D eigenvalue weighted by molar-refractivity contribution is 0.0697. The van der Waals surface area contributed by atoms with Gasteiger partial charge in [0.25, 0.3) is 0 Å². The van der Waals surface area contributed by atoms with Gasteiger partial charge in [0, 0.05) is 27.0 Å². The molecule has 5 heteroatoms. The van der Waals surface area contributed by atoms with Gasteiger partial charge in [-0.3, -0.25) is 0 Å². The molecule has 1 aromatic heterocycles. The number of aromatic carboxylic acids is 1. The maximum absolute atomic E-state index is 10.8. The average Bonchev–Trinajstić information content (AvgIpc) is 2.80. The Balaban J connectivity index is 2.07. The number of rotatable bonds is 4. The molecule has 0 saturated carbocycles. The Labute approximate surface area is 118 Å². The van der Waals surface area contributed by atoms with E-state index in [1.54, 1.807) is 11.4 Å². The first-order chi connectivity index (χ1) is 8.58. The molecular weight excluding hydrogens is 314 g/mol. The SMILES string of the molecule is Cc1c(Br)cccc1NCc1cc(C(=O)O)cs1. The minimum atomic E-state index is -0.879. The maximum atomic E-state index is 10.8. The van der Waals surface area contributed by atoms with Crippen molar-refractivity contribution in [2.75, 3.05) is 5.32 Å². The van der Waals surface area contributed by atoms with Gasteiger partial charge in [-0.15, -0.1) is 11.3 Å². The molecule has 0 spiro atoms. The first kappa shape index (κ1) is 13.1. The second kappa shape index (κ2) is 5.54. The van der Waals surface area contributed by atoms with Crippen LogP contribution in [0, 0.1) is 6.92 Å². The van der Waals surface area contributed by atoms with Crippen molar-refractivity contribution in [1.82, 2.24) is 0 Å². The normalized spacial score (nSPS) is 10.3. The number of nitrogens with one attached hydrogen (secondary N) is 1. The number of hydrogen-bond donors (Lipinski definition) is 2. The van der Waals surface area contributed by atoms with Gasteiger partial charge >= 0.3 is 5.97 Å². The molecule has 2 rings (SSSR count). The van der Waals surface area contributed by atoms with E-state index in [1.807, 2.05) is 25.1 Å². The molecule has 3 nitrogen and oxygen atoms in total. The molecule has 0 atom stereocenters. The molecule has 0 radical (unpaired) electrons. The molecule has 94 valence electrons. The Bertz CT molecular complexity index is 580. The summed E-state index contributed by atoms with van der Waals surface area (Å²) in [6, 6.07) is 7.67. The molecule has 18 heavy (non-hydrogen) atoms. The van der Waals surface area contributed by atoms with Gasteiger partial charge in [0.05, 0.1) is 5.56 Å². The third kappa shape index (κ3) is 2.91. The van der Waals surface area contributed by atoms with Crippen LogP contribution >= 0.6 is 27.3 Å². The fraction of sp³-hybridized carbons (Fsp3) is 0.154. The lowest BCUT2D eigenvalue weighted by Gasteiger charge is -2.09. The van der Waals surface area contributed by atoms with E-state index >= 15 is 0 Å². The predicted molar refractivity (Wildman–Crippen MR) is 77.5 cm³/mol. The van der Waals surface area contributed by atoms with E-state index in [4.69, 9.17) is 5.11 Å². The van der Waals surface area contributed by atoms with Crippen molar-refractivity contribution >= 4 is 38.9 Å². The maximum Gasteiger partial charge on any atom is 0.336 e. The van der Waals surface area contributed by atoms with Gasteiger partial charge in [0.15, 0.2) is 0 Å². The fourth-order valence-electron chi connectivity index (χ4n) is 1.57. The van der Waals surface area contributed by atoms with Crippen molar-refractivity contribution in [2.45, 2.75) is 13.5 Å². The summed E-state index contributed by atoms with van der Waals surface area (Å²) in [6.45, 7) is 2.67. The van der Waals surface area contributed by atoms with Gasteiger partial charge in [0.2, 0.25) is 0 Å². The van der Waals surface area contributed by atoms with Gasteiger partial charge in [-0.2, -0.15) is 0 Å². The number of carbonyl (C=O) groups is 1. The molecule has 0 bridgehead atoms. The van der Waals surface area contributed by atoms with Crippen LogP contribution in [0.1, 0.15) is 20.8 Å². The van der Waals surface area contributed by atoms with Gasteiger partial charge in [-0.1, -0.05) is 22.0 Å². The molecule has 0 aliphatic carbocycles. The van der Waals surface area contributed by atoms with E-state index in [-0.39, 0.29) is 0 Å². The Morgan fingerprint density at radius 1 is 1.50 bits per heavy atom. The second-order valence-electron chi connectivity index (χ2n) is 3.87. The highest BCUT2D eigenvalue weighted by molar-refractivity contribution is 9.10. The van der Waals surface area contributed by atoms with Gasteiger partial charge in [-0.05, 0) is 30.7 Å². The first-order valence-electron chi connectivity index (χ1n) is 5.37. The molecule has 1 aromatic carbocycles. The number of thiophene rings is 1. The van der Waals surface area contributed by atoms with Crippen LogP contribution in [0.5, 0.6) is 0 Å². The van der Waals surface area contributed by atoms with E-state index < -0.39 is 5.97 Å². The highest BCUT2D eigenvalue weighted by Crippen LogP contribution is 2.24. The van der Waals surface area contributed by atoms with E-state index in [1.165, 1.54) is 11.3 Å². The van der Waals surface area contributed by atoms with Crippen LogP contribution < -0.4 is 5.32 Å².